The van der Waals surface area contributed by atoms with Gasteiger partial charge < -0.3 is 10.1 Å². The van der Waals surface area contributed by atoms with Crippen LogP contribution < -0.4 is 5.32 Å². The molecule has 128 valence electrons. The fraction of sp³-hybridized carbons (Fsp3) is 0.263. The van der Waals surface area contributed by atoms with Gasteiger partial charge in [0.05, 0.1) is 11.5 Å². The maximum Gasteiger partial charge on any atom is 0.269 e. The standard InChI is InChI=1S/C19H19N3O2S/c1-22-16(11-15(21-22)18-7-4-10-25-18)19(23)20-12-17-14-6-3-2-5-13(14)8-9-24-17/h2-7,10-11,17H,8-9,12H2,1H3,(H,20,23). The van der Waals surface area contributed by atoms with E-state index in [4.69, 9.17) is 4.74 Å². The van der Waals surface area contributed by atoms with Crippen molar-refractivity contribution in [3.8, 4) is 10.6 Å². The second-order valence-corrected chi connectivity index (χ2v) is 6.98. The molecule has 1 amide bonds. The van der Waals surface area contributed by atoms with Crippen molar-refractivity contribution in [2.24, 2.45) is 7.05 Å². The predicted octanol–water partition coefficient (Wildman–Crippen LogP) is 3.19. The Hall–Kier alpha value is -2.44. The van der Waals surface area contributed by atoms with E-state index in [9.17, 15) is 4.79 Å². The van der Waals surface area contributed by atoms with E-state index in [2.05, 4.69) is 22.5 Å². The third-order valence-electron chi connectivity index (χ3n) is 4.43. The number of carbonyl (C=O) groups excluding carboxylic acids is 1. The van der Waals surface area contributed by atoms with Crippen LogP contribution in [0.1, 0.15) is 27.7 Å². The number of carbonyl (C=O) groups is 1. The van der Waals surface area contributed by atoms with Crippen LogP contribution in [0.3, 0.4) is 0 Å². The first-order chi connectivity index (χ1) is 12.2. The zero-order valence-electron chi connectivity index (χ0n) is 13.9. The molecule has 1 N–H and O–H groups in total. The molecule has 5 nitrogen and oxygen atoms in total. The van der Waals surface area contributed by atoms with E-state index in [0.29, 0.717) is 18.8 Å². The lowest BCUT2D eigenvalue weighted by atomic mass is 9.97. The van der Waals surface area contributed by atoms with Gasteiger partial charge in [-0.05, 0) is 35.1 Å². The summed E-state index contributed by atoms with van der Waals surface area (Å²) in [4.78, 5) is 13.6. The average molecular weight is 353 g/mol. The number of ether oxygens (including phenoxy) is 1. The summed E-state index contributed by atoms with van der Waals surface area (Å²) < 4.78 is 7.47. The minimum atomic E-state index is -0.135. The van der Waals surface area contributed by atoms with Gasteiger partial charge in [0.25, 0.3) is 5.91 Å². The SMILES string of the molecule is Cn1nc(-c2cccs2)cc1C(=O)NCC1OCCc2ccccc21. The van der Waals surface area contributed by atoms with Gasteiger partial charge in [-0.2, -0.15) is 5.10 Å². The Kier molecular flexibility index (Phi) is 4.38. The zero-order chi connectivity index (χ0) is 17.2. The first-order valence-corrected chi connectivity index (χ1v) is 9.16. The Balaban J connectivity index is 1.47. The van der Waals surface area contributed by atoms with Gasteiger partial charge in [0, 0.05) is 13.6 Å². The number of nitrogens with one attached hydrogen (secondary N) is 1. The highest BCUT2D eigenvalue weighted by Crippen LogP contribution is 2.27. The molecule has 1 unspecified atom stereocenters. The summed E-state index contributed by atoms with van der Waals surface area (Å²) >= 11 is 1.61. The van der Waals surface area contributed by atoms with Gasteiger partial charge in [-0.3, -0.25) is 9.48 Å². The fourth-order valence-corrected chi connectivity index (χ4v) is 3.83. The van der Waals surface area contributed by atoms with E-state index in [1.165, 1.54) is 11.1 Å². The van der Waals surface area contributed by atoms with Crippen LogP contribution in [-0.2, 0) is 18.2 Å². The highest BCUT2D eigenvalue weighted by Gasteiger charge is 2.22. The highest BCUT2D eigenvalue weighted by molar-refractivity contribution is 7.13. The molecule has 2 aromatic heterocycles. The summed E-state index contributed by atoms with van der Waals surface area (Å²) in [5, 5.41) is 9.43. The number of aromatic nitrogens is 2. The highest BCUT2D eigenvalue weighted by atomic mass is 32.1. The van der Waals surface area contributed by atoms with E-state index < -0.39 is 0 Å². The van der Waals surface area contributed by atoms with Crippen LogP contribution in [0, 0.1) is 0 Å². The Morgan fingerprint density at radius 1 is 1.36 bits per heavy atom. The molecule has 4 rings (SSSR count). The molecule has 0 fully saturated rings. The molecule has 0 spiro atoms. The van der Waals surface area contributed by atoms with Crippen LogP contribution in [0.25, 0.3) is 10.6 Å². The van der Waals surface area contributed by atoms with Gasteiger partial charge in [-0.15, -0.1) is 11.3 Å². The number of rotatable bonds is 4. The molecule has 0 saturated carbocycles. The summed E-state index contributed by atoms with van der Waals surface area (Å²) in [5.74, 6) is -0.135. The Labute approximate surface area is 150 Å². The number of fused-ring (bicyclic) bond motifs is 1. The van der Waals surface area contributed by atoms with Crippen molar-refractivity contribution in [3.63, 3.8) is 0 Å². The molecule has 0 aliphatic carbocycles. The first kappa shape index (κ1) is 16.1. The molecule has 0 saturated heterocycles. The zero-order valence-corrected chi connectivity index (χ0v) is 14.8. The van der Waals surface area contributed by atoms with Crippen LogP contribution >= 0.6 is 11.3 Å². The predicted molar refractivity (Wildman–Crippen MR) is 97.7 cm³/mol. The molecule has 3 aromatic rings. The fourth-order valence-electron chi connectivity index (χ4n) is 3.15. The first-order valence-electron chi connectivity index (χ1n) is 8.28. The van der Waals surface area contributed by atoms with Crippen molar-refractivity contribution in [2.75, 3.05) is 13.2 Å². The van der Waals surface area contributed by atoms with E-state index in [1.54, 1.807) is 23.1 Å². The van der Waals surface area contributed by atoms with Crippen molar-refractivity contribution in [1.29, 1.82) is 0 Å². The minimum Gasteiger partial charge on any atom is -0.371 e. The monoisotopic (exact) mass is 353 g/mol. The van der Waals surface area contributed by atoms with Crippen LogP contribution in [0.4, 0.5) is 0 Å². The van der Waals surface area contributed by atoms with Crippen LogP contribution in [-0.4, -0.2) is 28.8 Å². The molecule has 1 aromatic carbocycles. The van der Waals surface area contributed by atoms with Crippen LogP contribution in [0.5, 0.6) is 0 Å². The minimum absolute atomic E-state index is 0.0982. The number of hydrogen-bond donors (Lipinski definition) is 1. The van der Waals surface area contributed by atoms with Gasteiger partial charge in [0.2, 0.25) is 0 Å². The molecule has 1 aliphatic rings. The van der Waals surface area contributed by atoms with Crippen LogP contribution in [0.2, 0.25) is 0 Å². The smallest absolute Gasteiger partial charge is 0.269 e. The number of benzene rings is 1. The summed E-state index contributed by atoms with van der Waals surface area (Å²) in [6.45, 7) is 1.14. The second-order valence-electron chi connectivity index (χ2n) is 6.03. The Morgan fingerprint density at radius 2 is 2.24 bits per heavy atom. The number of amides is 1. The normalized spacial score (nSPS) is 16.4. The van der Waals surface area contributed by atoms with Gasteiger partial charge in [-0.1, -0.05) is 30.3 Å². The lowest BCUT2D eigenvalue weighted by Gasteiger charge is -2.26. The second kappa shape index (κ2) is 6.82. The average Bonchev–Trinajstić information content (AvgIpc) is 3.29. The number of nitrogens with zero attached hydrogens (tertiary/aromatic N) is 2. The Morgan fingerprint density at radius 3 is 3.08 bits per heavy atom. The van der Waals surface area contributed by atoms with E-state index in [0.717, 1.165) is 17.0 Å². The topological polar surface area (TPSA) is 56.2 Å². The van der Waals surface area contributed by atoms with Crippen molar-refractivity contribution >= 4 is 17.2 Å². The Bertz CT molecular complexity index is 886. The third-order valence-corrected chi connectivity index (χ3v) is 5.32. The quantitative estimate of drug-likeness (QED) is 0.784. The summed E-state index contributed by atoms with van der Waals surface area (Å²) in [6, 6.07) is 14.1. The van der Waals surface area contributed by atoms with Gasteiger partial charge in [0.1, 0.15) is 17.5 Å². The molecule has 1 atom stereocenters. The summed E-state index contributed by atoms with van der Waals surface area (Å²) in [7, 11) is 1.79. The number of aryl methyl sites for hydroxylation is 1. The van der Waals surface area contributed by atoms with Crippen molar-refractivity contribution in [2.45, 2.75) is 12.5 Å². The molecule has 6 heteroatoms. The van der Waals surface area contributed by atoms with Gasteiger partial charge in [0.15, 0.2) is 0 Å². The molecule has 0 bridgehead atoms. The third kappa shape index (κ3) is 3.23. The molecular formula is C19H19N3O2S. The molecule has 3 heterocycles. The summed E-state index contributed by atoms with van der Waals surface area (Å²) in [6.07, 6.45) is 0.825. The van der Waals surface area contributed by atoms with Crippen molar-refractivity contribution in [1.82, 2.24) is 15.1 Å². The lowest BCUT2D eigenvalue weighted by Crippen LogP contribution is -2.32. The number of hydrogen-bond acceptors (Lipinski definition) is 4. The van der Waals surface area contributed by atoms with Gasteiger partial charge in [-0.25, -0.2) is 0 Å². The summed E-state index contributed by atoms with van der Waals surface area (Å²) in [5.41, 5.74) is 3.83. The largest absolute Gasteiger partial charge is 0.371 e. The molecule has 0 radical (unpaired) electrons. The van der Waals surface area contributed by atoms with E-state index >= 15 is 0 Å². The lowest BCUT2D eigenvalue weighted by molar-refractivity contribution is 0.0410. The van der Waals surface area contributed by atoms with Gasteiger partial charge >= 0.3 is 0 Å². The number of thiophene rings is 1. The van der Waals surface area contributed by atoms with Crippen molar-refractivity contribution in [3.05, 3.63) is 64.7 Å². The van der Waals surface area contributed by atoms with Crippen LogP contribution in [0.15, 0.2) is 47.8 Å². The van der Waals surface area contributed by atoms with E-state index in [-0.39, 0.29) is 12.0 Å². The van der Waals surface area contributed by atoms with E-state index in [1.807, 2.05) is 35.7 Å². The van der Waals surface area contributed by atoms with Crippen molar-refractivity contribution < 1.29 is 9.53 Å². The molecular weight excluding hydrogens is 334 g/mol. The molecule has 25 heavy (non-hydrogen) atoms. The maximum atomic E-state index is 12.6. The maximum absolute atomic E-state index is 12.6. The molecule has 1 aliphatic heterocycles.